The van der Waals surface area contributed by atoms with Crippen molar-refractivity contribution in [2.75, 3.05) is 13.1 Å². The van der Waals surface area contributed by atoms with Gasteiger partial charge >= 0.3 is 6.09 Å². The van der Waals surface area contributed by atoms with Gasteiger partial charge in [-0.1, -0.05) is 27.2 Å². The Kier molecular flexibility index (Phi) is 4.45. The minimum Gasteiger partial charge on any atom is -0.444 e. The number of fused-ring (bicyclic) bond motifs is 1. The first-order valence-corrected chi connectivity index (χ1v) is 6.78. The third kappa shape index (κ3) is 3.90. The van der Waals surface area contributed by atoms with Crippen LogP contribution in [-0.2, 0) is 4.74 Å². The van der Waals surface area contributed by atoms with E-state index < -0.39 is 0 Å². The van der Waals surface area contributed by atoms with Gasteiger partial charge in [0.15, 0.2) is 0 Å². The summed E-state index contributed by atoms with van der Waals surface area (Å²) in [6, 6.07) is 0. The van der Waals surface area contributed by atoms with E-state index >= 15 is 0 Å². The van der Waals surface area contributed by atoms with Crippen LogP contribution in [0.15, 0.2) is 0 Å². The Morgan fingerprint density at radius 2 is 1.65 bits per heavy atom. The molecule has 3 nitrogen and oxygen atoms in total. The fourth-order valence-electron chi connectivity index (χ4n) is 2.30. The molecule has 1 unspecified atom stereocenters. The maximum absolute atomic E-state index is 11.6. The second kappa shape index (κ2) is 5.28. The first-order valence-electron chi connectivity index (χ1n) is 6.78. The molecular formula is C14H27NO2. The Balaban J connectivity index is 0.000000437. The number of piperidine rings is 1. The SMILES string of the molecule is CC1[C@H]2CN(C(=O)OC(C)(C)C)C[C@@H]12.CCC. The van der Waals surface area contributed by atoms with Crippen LogP contribution >= 0.6 is 0 Å². The van der Waals surface area contributed by atoms with Crippen molar-refractivity contribution in [2.24, 2.45) is 17.8 Å². The van der Waals surface area contributed by atoms with Crippen molar-refractivity contribution in [1.29, 1.82) is 0 Å². The van der Waals surface area contributed by atoms with Gasteiger partial charge in [-0.2, -0.15) is 0 Å². The highest BCUT2D eigenvalue weighted by Gasteiger charge is 2.54. The largest absolute Gasteiger partial charge is 0.444 e. The first kappa shape index (κ1) is 14.3. The quantitative estimate of drug-likeness (QED) is 0.649. The van der Waals surface area contributed by atoms with E-state index in [-0.39, 0.29) is 11.7 Å². The summed E-state index contributed by atoms with van der Waals surface area (Å²) < 4.78 is 5.31. The van der Waals surface area contributed by atoms with Gasteiger partial charge in [0.25, 0.3) is 0 Å². The lowest BCUT2D eigenvalue weighted by atomic mass is 10.2. The van der Waals surface area contributed by atoms with E-state index in [4.69, 9.17) is 4.74 Å². The topological polar surface area (TPSA) is 29.5 Å². The summed E-state index contributed by atoms with van der Waals surface area (Å²) >= 11 is 0. The van der Waals surface area contributed by atoms with Gasteiger partial charge in [0.1, 0.15) is 5.60 Å². The molecule has 100 valence electrons. The number of hydrogen-bond donors (Lipinski definition) is 0. The van der Waals surface area contributed by atoms with Crippen molar-refractivity contribution in [3.05, 3.63) is 0 Å². The molecule has 1 aliphatic heterocycles. The number of ether oxygens (including phenoxy) is 1. The number of likely N-dealkylation sites (tertiary alicyclic amines) is 1. The minimum atomic E-state index is -0.366. The van der Waals surface area contributed by atoms with E-state index in [1.54, 1.807) is 0 Å². The monoisotopic (exact) mass is 241 g/mol. The molecule has 17 heavy (non-hydrogen) atoms. The zero-order valence-corrected chi connectivity index (χ0v) is 12.1. The van der Waals surface area contributed by atoms with Gasteiger partial charge in [-0.3, -0.25) is 0 Å². The predicted octanol–water partition coefficient (Wildman–Crippen LogP) is 3.54. The maximum atomic E-state index is 11.6. The molecule has 1 amide bonds. The maximum Gasteiger partial charge on any atom is 0.410 e. The van der Waals surface area contributed by atoms with E-state index in [2.05, 4.69) is 20.8 Å². The molecule has 2 fully saturated rings. The Labute approximate surface area is 106 Å². The second-order valence-electron chi connectivity index (χ2n) is 6.28. The lowest BCUT2D eigenvalue weighted by Crippen LogP contribution is -2.36. The number of rotatable bonds is 0. The van der Waals surface area contributed by atoms with Crippen molar-refractivity contribution >= 4 is 6.09 Å². The average Bonchev–Trinajstić information content (AvgIpc) is 2.63. The molecule has 0 aromatic rings. The standard InChI is InChI=1S/C11H19NO2.C3H8/c1-7-8-5-12(6-9(7)8)10(13)14-11(2,3)4;1-3-2/h7-9H,5-6H2,1-4H3;3H2,1-2H3/t7?,8-,9+;. The van der Waals surface area contributed by atoms with Crippen molar-refractivity contribution in [2.45, 2.75) is 53.6 Å². The number of carbonyl (C=O) groups is 1. The van der Waals surface area contributed by atoms with Crippen molar-refractivity contribution in [1.82, 2.24) is 4.90 Å². The van der Waals surface area contributed by atoms with Crippen LogP contribution in [-0.4, -0.2) is 29.7 Å². The van der Waals surface area contributed by atoms with E-state index in [0.717, 1.165) is 30.8 Å². The van der Waals surface area contributed by atoms with Crippen LogP contribution in [0.4, 0.5) is 4.79 Å². The van der Waals surface area contributed by atoms with Crippen LogP contribution in [0.1, 0.15) is 48.0 Å². The zero-order chi connectivity index (χ0) is 13.2. The average molecular weight is 241 g/mol. The highest BCUT2D eigenvalue weighted by atomic mass is 16.6. The molecule has 1 heterocycles. The van der Waals surface area contributed by atoms with Gasteiger partial charge in [0, 0.05) is 13.1 Å². The van der Waals surface area contributed by atoms with E-state index in [9.17, 15) is 4.79 Å². The van der Waals surface area contributed by atoms with Gasteiger partial charge in [-0.25, -0.2) is 4.79 Å². The molecule has 0 aromatic carbocycles. The van der Waals surface area contributed by atoms with Gasteiger partial charge < -0.3 is 9.64 Å². The molecule has 2 aliphatic rings. The highest BCUT2D eigenvalue weighted by molar-refractivity contribution is 5.68. The summed E-state index contributed by atoms with van der Waals surface area (Å²) in [4.78, 5) is 13.5. The molecule has 0 N–H and O–H groups in total. The fourth-order valence-corrected chi connectivity index (χ4v) is 2.30. The fraction of sp³-hybridized carbons (Fsp3) is 0.929. The number of nitrogens with zero attached hydrogens (tertiary/aromatic N) is 1. The van der Waals surface area contributed by atoms with E-state index in [1.165, 1.54) is 6.42 Å². The molecule has 3 heteroatoms. The summed E-state index contributed by atoms with van der Waals surface area (Å²) in [5, 5.41) is 0. The molecule has 1 saturated carbocycles. The predicted molar refractivity (Wildman–Crippen MR) is 69.9 cm³/mol. The molecule has 0 radical (unpaired) electrons. The molecule has 0 aromatic heterocycles. The normalized spacial score (nSPS) is 30.2. The summed E-state index contributed by atoms with van der Waals surface area (Å²) in [7, 11) is 0. The number of hydrogen-bond acceptors (Lipinski definition) is 2. The summed E-state index contributed by atoms with van der Waals surface area (Å²) in [6.07, 6.45) is 1.11. The molecule has 1 aliphatic carbocycles. The Bertz CT molecular complexity index is 258. The van der Waals surface area contributed by atoms with E-state index in [0.29, 0.717) is 0 Å². The first-order chi connectivity index (χ1) is 7.80. The van der Waals surface area contributed by atoms with Crippen LogP contribution in [0.25, 0.3) is 0 Å². The molecule has 1 saturated heterocycles. The molecule has 0 spiro atoms. The van der Waals surface area contributed by atoms with Crippen LogP contribution in [0.2, 0.25) is 0 Å². The van der Waals surface area contributed by atoms with Crippen LogP contribution in [0.5, 0.6) is 0 Å². The Morgan fingerprint density at radius 1 is 1.24 bits per heavy atom. The molecule has 2 rings (SSSR count). The smallest absolute Gasteiger partial charge is 0.410 e. The third-order valence-corrected chi connectivity index (χ3v) is 3.27. The minimum absolute atomic E-state index is 0.142. The Morgan fingerprint density at radius 3 is 2.00 bits per heavy atom. The molecule has 0 bridgehead atoms. The van der Waals surface area contributed by atoms with E-state index in [1.807, 2.05) is 25.7 Å². The Hall–Kier alpha value is -0.730. The summed E-state index contributed by atoms with van der Waals surface area (Å²) in [5.41, 5.74) is -0.366. The highest BCUT2D eigenvalue weighted by Crippen LogP contribution is 2.51. The van der Waals surface area contributed by atoms with Gasteiger partial charge in [-0.05, 0) is 38.5 Å². The van der Waals surface area contributed by atoms with Crippen LogP contribution in [0.3, 0.4) is 0 Å². The van der Waals surface area contributed by atoms with Crippen molar-refractivity contribution in [3.8, 4) is 0 Å². The van der Waals surface area contributed by atoms with Crippen LogP contribution < -0.4 is 0 Å². The lowest BCUT2D eigenvalue weighted by Gasteiger charge is -2.25. The second-order valence-corrected chi connectivity index (χ2v) is 6.28. The molecular weight excluding hydrogens is 214 g/mol. The molecule has 3 atom stereocenters. The number of amides is 1. The van der Waals surface area contributed by atoms with Gasteiger partial charge in [0.05, 0.1) is 0 Å². The zero-order valence-electron chi connectivity index (χ0n) is 12.1. The van der Waals surface area contributed by atoms with Crippen molar-refractivity contribution in [3.63, 3.8) is 0 Å². The van der Waals surface area contributed by atoms with Gasteiger partial charge in [0.2, 0.25) is 0 Å². The van der Waals surface area contributed by atoms with Crippen molar-refractivity contribution < 1.29 is 9.53 Å². The van der Waals surface area contributed by atoms with Crippen LogP contribution in [0, 0.1) is 17.8 Å². The lowest BCUT2D eigenvalue weighted by molar-refractivity contribution is 0.0267. The summed E-state index contributed by atoms with van der Waals surface area (Å²) in [5.74, 6) is 2.33. The summed E-state index contributed by atoms with van der Waals surface area (Å²) in [6.45, 7) is 14.0. The third-order valence-electron chi connectivity index (χ3n) is 3.27. The number of carbonyl (C=O) groups excluding carboxylic acids is 1. The van der Waals surface area contributed by atoms with Gasteiger partial charge in [-0.15, -0.1) is 0 Å².